The molecule has 106 valence electrons. The summed E-state index contributed by atoms with van der Waals surface area (Å²) in [5.41, 5.74) is 8.69. The highest BCUT2D eigenvalue weighted by molar-refractivity contribution is 9.10. The molecule has 2 unspecified atom stereocenters. The predicted octanol–water partition coefficient (Wildman–Crippen LogP) is 4.65. The van der Waals surface area contributed by atoms with Crippen LogP contribution < -0.4 is 5.73 Å². The Morgan fingerprint density at radius 1 is 1.15 bits per heavy atom. The Kier molecular flexibility index (Phi) is 5.32. The average molecular weight is 336 g/mol. The van der Waals surface area contributed by atoms with Crippen LogP contribution in [0.4, 0.5) is 4.39 Å². The van der Waals surface area contributed by atoms with Crippen LogP contribution in [0, 0.1) is 5.82 Å². The van der Waals surface area contributed by atoms with Crippen molar-refractivity contribution < 1.29 is 4.39 Å². The van der Waals surface area contributed by atoms with E-state index in [1.54, 1.807) is 6.07 Å². The molecule has 2 atom stereocenters. The molecule has 3 heteroatoms. The van der Waals surface area contributed by atoms with Gasteiger partial charge in [-0.1, -0.05) is 43.3 Å². The minimum Gasteiger partial charge on any atom is -0.327 e. The van der Waals surface area contributed by atoms with Crippen LogP contribution >= 0.6 is 15.9 Å². The highest BCUT2D eigenvalue weighted by Gasteiger charge is 2.18. The van der Waals surface area contributed by atoms with Crippen molar-refractivity contribution in [3.05, 3.63) is 69.9 Å². The third-order valence-electron chi connectivity index (χ3n) is 3.64. The van der Waals surface area contributed by atoms with Gasteiger partial charge in [-0.3, -0.25) is 0 Å². The van der Waals surface area contributed by atoms with E-state index in [-0.39, 0.29) is 11.9 Å². The summed E-state index contributed by atoms with van der Waals surface area (Å²) in [6.07, 6.45) is 1.74. The third-order valence-corrected chi connectivity index (χ3v) is 4.25. The number of nitrogens with two attached hydrogens (primary N) is 1. The molecule has 0 aromatic heterocycles. The van der Waals surface area contributed by atoms with Gasteiger partial charge in [-0.05, 0) is 57.9 Å². The Labute approximate surface area is 128 Å². The molecular formula is C17H19BrFN. The minimum atomic E-state index is -0.238. The summed E-state index contributed by atoms with van der Waals surface area (Å²) in [5.74, 6) is 0.0810. The zero-order valence-corrected chi connectivity index (χ0v) is 13.1. The van der Waals surface area contributed by atoms with Crippen LogP contribution in [0.2, 0.25) is 0 Å². The SMILES string of the molecule is CCC(c1ccccc1)C(N)Cc1ccc(F)c(Br)c1. The maximum Gasteiger partial charge on any atom is 0.137 e. The summed E-state index contributed by atoms with van der Waals surface area (Å²) in [7, 11) is 0. The van der Waals surface area contributed by atoms with Crippen molar-refractivity contribution in [1.82, 2.24) is 0 Å². The van der Waals surface area contributed by atoms with Gasteiger partial charge in [0.25, 0.3) is 0 Å². The molecule has 0 fully saturated rings. The molecule has 0 saturated carbocycles. The second kappa shape index (κ2) is 7.00. The lowest BCUT2D eigenvalue weighted by molar-refractivity contribution is 0.514. The molecule has 2 aromatic rings. The zero-order chi connectivity index (χ0) is 14.5. The average Bonchev–Trinajstić information content (AvgIpc) is 2.45. The van der Waals surface area contributed by atoms with Crippen LogP contribution in [0.3, 0.4) is 0 Å². The van der Waals surface area contributed by atoms with Crippen molar-refractivity contribution in [2.24, 2.45) is 5.73 Å². The van der Waals surface area contributed by atoms with Gasteiger partial charge in [-0.15, -0.1) is 0 Å². The fourth-order valence-electron chi connectivity index (χ4n) is 2.57. The molecule has 0 saturated heterocycles. The Morgan fingerprint density at radius 3 is 2.45 bits per heavy atom. The van der Waals surface area contributed by atoms with E-state index < -0.39 is 0 Å². The highest BCUT2D eigenvalue weighted by Crippen LogP contribution is 2.25. The topological polar surface area (TPSA) is 26.0 Å². The van der Waals surface area contributed by atoms with E-state index in [1.807, 2.05) is 24.3 Å². The van der Waals surface area contributed by atoms with Crippen molar-refractivity contribution in [3.63, 3.8) is 0 Å². The van der Waals surface area contributed by atoms with E-state index in [9.17, 15) is 4.39 Å². The lowest BCUT2D eigenvalue weighted by Crippen LogP contribution is -2.30. The van der Waals surface area contributed by atoms with E-state index in [2.05, 4.69) is 35.0 Å². The number of halogens is 2. The van der Waals surface area contributed by atoms with Crippen molar-refractivity contribution in [1.29, 1.82) is 0 Å². The Balaban J connectivity index is 2.13. The van der Waals surface area contributed by atoms with E-state index in [0.29, 0.717) is 10.4 Å². The largest absolute Gasteiger partial charge is 0.327 e. The molecule has 0 aliphatic carbocycles. The Hall–Kier alpha value is -1.19. The Morgan fingerprint density at radius 2 is 1.85 bits per heavy atom. The molecule has 0 radical (unpaired) electrons. The standard InChI is InChI=1S/C17H19BrFN/c1-2-14(13-6-4-3-5-7-13)17(20)11-12-8-9-16(19)15(18)10-12/h3-10,14,17H,2,11,20H2,1H3. The quantitative estimate of drug-likeness (QED) is 0.845. The zero-order valence-electron chi connectivity index (χ0n) is 11.5. The summed E-state index contributed by atoms with van der Waals surface area (Å²) in [4.78, 5) is 0. The van der Waals surface area contributed by atoms with Crippen LogP contribution in [-0.4, -0.2) is 6.04 Å². The molecule has 0 spiro atoms. The highest BCUT2D eigenvalue weighted by atomic mass is 79.9. The number of benzene rings is 2. The lowest BCUT2D eigenvalue weighted by atomic mass is 9.86. The van der Waals surface area contributed by atoms with E-state index in [0.717, 1.165) is 18.4 Å². The van der Waals surface area contributed by atoms with Gasteiger partial charge >= 0.3 is 0 Å². The lowest BCUT2D eigenvalue weighted by Gasteiger charge is -2.23. The first kappa shape index (κ1) is 15.2. The molecule has 2 rings (SSSR count). The predicted molar refractivity (Wildman–Crippen MR) is 85.3 cm³/mol. The van der Waals surface area contributed by atoms with Crippen LogP contribution in [0.1, 0.15) is 30.4 Å². The fourth-order valence-corrected chi connectivity index (χ4v) is 2.99. The molecule has 0 bridgehead atoms. The van der Waals surface area contributed by atoms with Crippen molar-refractivity contribution >= 4 is 15.9 Å². The van der Waals surface area contributed by atoms with Crippen molar-refractivity contribution in [2.45, 2.75) is 31.7 Å². The molecule has 2 N–H and O–H groups in total. The second-order valence-electron chi connectivity index (χ2n) is 5.04. The summed E-state index contributed by atoms with van der Waals surface area (Å²) in [5, 5.41) is 0. The summed E-state index contributed by atoms with van der Waals surface area (Å²) in [6, 6.07) is 15.5. The first-order valence-corrected chi connectivity index (χ1v) is 7.65. The second-order valence-corrected chi connectivity index (χ2v) is 5.90. The Bertz CT molecular complexity index is 556. The summed E-state index contributed by atoms with van der Waals surface area (Å²) in [6.45, 7) is 2.15. The van der Waals surface area contributed by atoms with Gasteiger partial charge in [-0.2, -0.15) is 0 Å². The normalized spacial score (nSPS) is 14.0. The summed E-state index contributed by atoms with van der Waals surface area (Å²) >= 11 is 3.22. The molecule has 0 amide bonds. The van der Waals surface area contributed by atoms with Crippen molar-refractivity contribution in [3.8, 4) is 0 Å². The third kappa shape index (κ3) is 3.68. The molecule has 0 aliphatic heterocycles. The molecule has 0 heterocycles. The van der Waals surface area contributed by atoms with Gasteiger partial charge in [0.15, 0.2) is 0 Å². The van der Waals surface area contributed by atoms with Crippen molar-refractivity contribution in [2.75, 3.05) is 0 Å². The number of rotatable bonds is 5. The van der Waals surface area contributed by atoms with Gasteiger partial charge in [0.2, 0.25) is 0 Å². The molecule has 2 aromatic carbocycles. The van der Waals surface area contributed by atoms with Crippen LogP contribution in [0.5, 0.6) is 0 Å². The molecular weight excluding hydrogens is 317 g/mol. The first-order chi connectivity index (χ1) is 9.61. The number of hydrogen-bond acceptors (Lipinski definition) is 1. The fraction of sp³-hybridized carbons (Fsp3) is 0.294. The van der Waals surface area contributed by atoms with Gasteiger partial charge < -0.3 is 5.73 Å². The monoisotopic (exact) mass is 335 g/mol. The van der Waals surface area contributed by atoms with Gasteiger partial charge in [0.05, 0.1) is 4.47 Å². The van der Waals surface area contributed by atoms with Crippen LogP contribution in [0.15, 0.2) is 53.0 Å². The smallest absolute Gasteiger partial charge is 0.137 e. The van der Waals surface area contributed by atoms with E-state index >= 15 is 0 Å². The first-order valence-electron chi connectivity index (χ1n) is 6.86. The van der Waals surface area contributed by atoms with Gasteiger partial charge in [0.1, 0.15) is 5.82 Å². The maximum absolute atomic E-state index is 13.2. The van der Waals surface area contributed by atoms with Crippen LogP contribution in [-0.2, 0) is 6.42 Å². The molecule has 20 heavy (non-hydrogen) atoms. The van der Waals surface area contributed by atoms with Gasteiger partial charge in [0, 0.05) is 6.04 Å². The van der Waals surface area contributed by atoms with Gasteiger partial charge in [-0.25, -0.2) is 4.39 Å². The minimum absolute atomic E-state index is 0.0276. The van der Waals surface area contributed by atoms with Crippen LogP contribution in [0.25, 0.3) is 0 Å². The van der Waals surface area contributed by atoms with E-state index in [4.69, 9.17) is 5.73 Å². The number of hydrogen-bond donors (Lipinski definition) is 1. The molecule has 0 aliphatic rings. The maximum atomic E-state index is 13.2. The summed E-state index contributed by atoms with van der Waals surface area (Å²) < 4.78 is 13.7. The van der Waals surface area contributed by atoms with E-state index in [1.165, 1.54) is 11.6 Å². The molecule has 1 nitrogen and oxygen atoms in total.